The lowest BCUT2D eigenvalue weighted by molar-refractivity contribution is -0.137. The second-order valence-electron chi connectivity index (χ2n) is 4.46. The molecule has 0 unspecified atom stereocenters. The molecule has 1 radical (unpaired) electrons. The Morgan fingerprint density at radius 2 is 1.44 bits per heavy atom. The standard InChI is InChI=1S/C14H27O2/c1-2-3-4-5-6-7-8-9-10-11-12-13-14(15)16/h3H,2,4-13H2,1H3,(H,15,16). The quantitative estimate of drug-likeness (QED) is 0.495. The van der Waals surface area contributed by atoms with Crippen LogP contribution < -0.4 is 0 Å². The predicted molar refractivity (Wildman–Crippen MR) is 68.4 cm³/mol. The van der Waals surface area contributed by atoms with E-state index in [4.69, 9.17) is 5.11 Å². The van der Waals surface area contributed by atoms with Gasteiger partial charge in [-0.15, -0.1) is 0 Å². The van der Waals surface area contributed by atoms with Crippen LogP contribution in [-0.4, -0.2) is 11.1 Å². The molecule has 0 aliphatic rings. The van der Waals surface area contributed by atoms with Crippen LogP contribution >= 0.6 is 0 Å². The maximum Gasteiger partial charge on any atom is 0.303 e. The summed E-state index contributed by atoms with van der Waals surface area (Å²) in [7, 11) is 0. The van der Waals surface area contributed by atoms with Crippen LogP contribution in [0, 0.1) is 6.42 Å². The van der Waals surface area contributed by atoms with Gasteiger partial charge in [0.05, 0.1) is 0 Å². The van der Waals surface area contributed by atoms with Crippen LogP contribution in [0.15, 0.2) is 0 Å². The van der Waals surface area contributed by atoms with E-state index in [2.05, 4.69) is 13.3 Å². The maximum absolute atomic E-state index is 10.3. The highest BCUT2D eigenvalue weighted by molar-refractivity contribution is 5.66. The maximum atomic E-state index is 10.3. The Labute approximate surface area is 100 Å². The topological polar surface area (TPSA) is 37.3 Å². The van der Waals surface area contributed by atoms with Crippen molar-refractivity contribution >= 4 is 5.97 Å². The molecule has 1 N–H and O–H groups in total. The first-order chi connectivity index (χ1) is 7.77. The molecule has 0 fully saturated rings. The molecule has 0 amide bonds. The van der Waals surface area contributed by atoms with Gasteiger partial charge in [-0.1, -0.05) is 64.7 Å². The second kappa shape index (κ2) is 12.5. The van der Waals surface area contributed by atoms with Crippen LogP contribution in [0.5, 0.6) is 0 Å². The Morgan fingerprint density at radius 3 is 1.94 bits per heavy atom. The van der Waals surface area contributed by atoms with Crippen molar-refractivity contribution in [2.24, 2.45) is 0 Å². The molecule has 0 rings (SSSR count). The minimum absolute atomic E-state index is 0.340. The summed E-state index contributed by atoms with van der Waals surface area (Å²) in [4.78, 5) is 10.3. The summed E-state index contributed by atoms with van der Waals surface area (Å²) in [6.07, 6.45) is 14.9. The van der Waals surface area contributed by atoms with Crippen molar-refractivity contribution in [2.75, 3.05) is 0 Å². The summed E-state index contributed by atoms with van der Waals surface area (Å²) >= 11 is 0. The van der Waals surface area contributed by atoms with Gasteiger partial charge >= 0.3 is 5.97 Å². The lowest BCUT2D eigenvalue weighted by atomic mass is 10.1. The van der Waals surface area contributed by atoms with E-state index in [0.717, 1.165) is 12.8 Å². The molecule has 0 aliphatic heterocycles. The summed E-state index contributed by atoms with van der Waals surface area (Å²) in [5, 5.41) is 8.45. The molecule has 2 nitrogen and oxygen atoms in total. The number of rotatable bonds is 12. The number of unbranched alkanes of at least 4 members (excludes halogenated alkanes) is 10. The number of carboxylic acids is 1. The van der Waals surface area contributed by atoms with Crippen molar-refractivity contribution in [1.29, 1.82) is 0 Å². The molecule has 0 aromatic heterocycles. The van der Waals surface area contributed by atoms with Gasteiger partial charge in [-0.05, 0) is 12.8 Å². The van der Waals surface area contributed by atoms with Crippen LogP contribution in [0.4, 0.5) is 0 Å². The normalized spacial score (nSPS) is 10.6. The molecule has 0 bridgehead atoms. The zero-order chi connectivity index (χ0) is 12.1. The molecular weight excluding hydrogens is 200 g/mol. The molecule has 16 heavy (non-hydrogen) atoms. The molecule has 0 aliphatic carbocycles. The smallest absolute Gasteiger partial charge is 0.303 e. The zero-order valence-corrected chi connectivity index (χ0v) is 10.7. The lowest BCUT2D eigenvalue weighted by Gasteiger charge is -2.01. The van der Waals surface area contributed by atoms with Gasteiger partial charge in [-0.3, -0.25) is 4.79 Å². The summed E-state index contributed by atoms with van der Waals surface area (Å²) in [5.74, 6) is -0.660. The van der Waals surface area contributed by atoms with E-state index in [1.807, 2.05) is 0 Å². The average molecular weight is 227 g/mol. The van der Waals surface area contributed by atoms with Gasteiger partial charge in [0.1, 0.15) is 0 Å². The fourth-order valence-electron chi connectivity index (χ4n) is 1.83. The Kier molecular flexibility index (Phi) is 12.1. The van der Waals surface area contributed by atoms with Crippen LogP contribution in [0.3, 0.4) is 0 Å². The van der Waals surface area contributed by atoms with E-state index < -0.39 is 5.97 Å². The van der Waals surface area contributed by atoms with Gasteiger partial charge < -0.3 is 5.11 Å². The number of carbonyl (C=O) groups is 1. The Balaban J connectivity index is 2.90. The highest BCUT2D eigenvalue weighted by atomic mass is 16.4. The number of hydrogen-bond donors (Lipinski definition) is 1. The van der Waals surface area contributed by atoms with Crippen molar-refractivity contribution in [1.82, 2.24) is 0 Å². The minimum atomic E-state index is -0.660. The predicted octanol–water partition coefficient (Wildman–Crippen LogP) is 4.59. The van der Waals surface area contributed by atoms with Gasteiger partial charge in [0, 0.05) is 6.42 Å². The van der Waals surface area contributed by atoms with Gasteiger partial charge in [0.2, 0.25) is 0 Å². The van der Waals surface area contributed by atoms with Crippen LogP contribution in [0.25, 0.3) is 0 Å². The fraction of sp³-hybridized carbons (Fsp3) is 0.857. The van der Waals surface area contributed by atoms with Gasteiger partial charge in [-0.25, -0.2) is 0 Å². The SMILES string of the molecule is CC[CH]CCCCCCCCCCC(=O)O. The number of hydrogen-bond acceptors (Lipinski definition) is 1. The molecule has 0 spiro atoms. The van der Waals surface area contributed by atoms with Gasteiger partial charge in [-0.2, -0.15) is 0 Å². The molecule has 95 valence electrons. The third kappa shape index (κ3) is 13.5. The number of carboxylic acid groups (broad SMARTS) is 1. The first-order valence-corrected chi connectivity index (χ1v) is 6.80. The van der Waals surface area contributed by atoms with Gasteiger partial charge in [0.25, 0.3) is 0 Å². The first-order valence-electron chi connectivity index (χ1n) is 6.80. The summed E-state index contributed by atoms with van der Waals surface area (Å²) < 4.78 is 0. The van der Waals surface area contributed by atoms with Crippen molar-refractivity contribution in [3.8, 4) is 0 Å². The van der Waals surface area contributed by atoms with E-state index in [0.29, 0.717) is 6.42 Å². The average Bonchev–Trinajstić information content (AvgIpc) is 2.25. The van der Waals surface area contributed by atoms with E-state index in [9.17, 15) is 4.79 Å². The van der Waals surface area contributed by atoms with Crippen molar-refractivity contribution in [2.45, 2.75) is 77.6 Å². The fourth-order valence-corrected chi connectivity index (χ4v) is 1.83. The monoisotopic (exact) mass is 227 g/mol. The van der Waals surface area contributed by atoms with Gasteiger partial charge in [0.15, 0.2) is 0 Å². The van der Waals surface area contributed by atoms with E-state index in [-0.39, 0.29) is 0 Å². The van der Waals surface area contributed by atoms with Crippen molar-refractivity contribution in [3.05, 3.63) is 6.42 Å². The third-order valence-corrected chi connectivity index (χ3v) is 2.84. The first kappa shape index (κ1) is 15.5. The van der Waals surface area contributed by atoms with Crippen LogP contribution in [0.1, 0.15) is 77.6 Å². The second-order valence-corrected chi connectivity index (χ2v) is 4.46. The summed E-state index contributed by atoms with van der Waals surface area (Å²) in [6, 6.07) is 0. The highest BCUT2D eigenvalue weighted by Gasteiger charge is 1.96. The third-order valence-electron chi connectivity index (χ3n) is 2.84. The molecular formula is C14H27O2. The Bertz CT molecular complexity index is 155. The molecule has 0 saturated carbocycles. The molecule has 0 aromatic carbocycles. The van der Waals surface area contributed by atoms with Crippen LogP contribution in [-0.2, 0) is 4.79 Å². The Morgan fingerprint density at radius 1 is 0.938 bits per heavy atom. The molecule has 0 saturated heterocycles. The number of aliphatic carboxylic acids is 1. The van der Waals surface area contributed by atoms with Crippen molar-refractivity contribution in [3.63, 3.8) is 0 Å². The zero-order valence-electron chi connectivity index (χ0n) is 10.7. The largest absolute Gasteiger partial charge is 0.481 e. The van der Waals surface area contributed by atoms with E-state index in [1.165, 1.54) is 51.4 Å². The van der Waals surface area contributed by atoms with E-state index >= 15 is 0 Å². The molecule has 2 heteroatoms. The highest BCUT2D eigenvalue weighted by Crippen LogP contribution is 2.11. The lowest BCUT2D eigenvalue weighted by Crippen LogP contribution is -1.93. The summed E-state index contributed by atoms with van der Waals surface area (Å²) in [6.45, 7) is 2.19. The minimum Gasteiger partial charge on any atom is -0.481 e. The summed E-state index contributed by atoms with van der Waals surface area (Å²) in [5.41, 5.74) is 0. The Hall–Kier alpha value is -0.530. The van der Waals surface area contributed by atoms with Crippen LogP contribution in [0.2, 0.25) is 0 Å². The van der Waals surface area contributed by atoms with E-state index in [1.54, 1.807) is 0 Å². The van der Waals surface area contributed by atoms with Crippen molar-refractivity contribution < 1.29 is 9.90 Å². The molecule has 0 aromatic rings. The molecule has 0 heterocycles. The molecule has 0 atom stereocenters.